The monoisotopic (exact) mass is 346 g/mol. The molecule has 3 rings (SSSR count). The maximum Gasteiger partial charge on any atom is 0.318 e. The molecule has 1 heterocycles. The molecule has 0 saturated heterocycles. The fraction of sp³-hybridized carbons (Fsp3) is 0.316. The molecule has 4 nitrogen and oxygen atoms in total. The number of amides is 2. The highest BCUT2D eigenvalue weighted by Crippen LogP contribution is 2.29. The number of aliphatic hydroxyl groups excluding tert-OH is 1. The van der Waals surface area contributed by atoms with Gasteiger partial charge in [-0.2, -0.15) is 0 Å². The molecule has 2 unspecified atom stereocenters. The first kappa shape index (κ1) is 17.4. The fourth-order valence-electron chi connectivity index (χ4n) is 3.22. The first-order chi connectivity index (χ1) is 12.0. The Morgan fingerprint density at radius 2 is 2.04 bits per heavy atom. The first-order valence-electron chi connectivity index (χ1n) is 8.22. The number of nitrogens with zero attached hydrogens (tertiary/aromatic N) is 1. The van der Waals surface area contributed by atoms with Crippen molar-refractivity contribution in [3.05, 3.63) is 70.8 Å². The van der Waals surface area contributed by atoms with Crippen molar-refractivity contribution >= 4 is 6.03 Å². The second-order valence-electron chi connectivity index (χ2n) is 6.19. The number of carbonyl (C=O) groups excluding carboxylic acids is 1. The summed E-state index contributed by atoms with van der Waals surface area (Å²) in [7, 11) is 0. The van der Waals surface area contributed by atoms with Gasteiger partial charge in [-0.1, -0.05) is 30.3 Å². The zero-order valence-electron chi connectivity index (χ0n) is 13.9. The molecule has 0 radical (unpaired) electrons. The topological polar surface area (TPSA) is 52.6 Å². The molecule has 0 aromatic heterocycles. The van der Waals surface area contributed by atoms with Gasteiger partial charge in [-0.25, -0.2) is 13.6 Å². The van der Waals surface area contributed by atoms with Gasteiger partial charge < -0.3 is 15.3 Å². The largest absolute Gasteiger partial charge is 0.394 e. The zero-order chi connectivity index (χ0) is 18.0. The second kappa shape index (κ2) is 7.19. The average Bonchev–Trinajstić information content (AvgIpc) is 2.62. The zero-order valence-corrected chi connectivity index (χ0v) is 13.9. The molecule has 1 aliphatic rings. The van der Waals surface area contributed by atoms with Crippen molar-refractivity contribution in [2.75, 3.05) is 13.2 Å². The molecule has 25 heavy (non-hydrogen) atoms. The van der Waals surface area contributed by atoms with Crippen molar-refractivity contribution < 1.29 is 18.7 Å². The van der Waals surface area contributed by atoms with Crippen LogP contribution < -0.4 is 5.32 Å². The quantitative estimate of drug-likeness (QED) is 0.896. The molecule has 6 heteroatoms. The molecule has 132 valence electrons. The highest BCUT2D eigenvalue weighted by atomic mass is 19.2. The summed E-state index contributed by atoms with van der Waals surface area (Å²) < 4.78 is 26.4. The maximum atomic E-state index is 13.4. The summed E-state index contributed by atoms with van der Waals surface area (Å²) in [6.45, 7) is 2.01. The number of hydrogen-bond acceptors (Lipinski definition) is 2. The highest BCUT2D eigenvalue weighted by Gasteiger charge is 2.30. The van der Waals surface area contributed by atoms with Gasteiger partial charge in [-0.05, 0) is 42.2 Å². The molecule has 0 fully saturated rings. The van der Waals surface area contributed by atoms with Crippen molar-refractivity contribution in [1.29, 1.82) is 0 Å². The van der Waals surface area contributed by atoms with Gasteiger partial charge in [0.1, 0.15) is 0 Å². The summed E-state index contributed by atoms with van der Waals surface area (Å²) in [6.07, 6.45) is 0.708. The Bertz CT molecular complexity index is 782. The van der Waals surface area contributed by atoms with Gasteiger partial charge >= 0.3 is 6.03 Å². The number of carbonyl (C=O) groups is 1. The molecule has 2 aromatic rings. The predicted molar refractivity (Wildman–Crippen MR) is 90.0 cm³/mol. The van der Waals surface area contributed by atoms with Crippen molar-refractivity contribution in [3.63, 3.8) is 0 Å². The van der Waals surface area contributed by atoms with E-state index in [9.17, 15) is 18.7 Å². The minimum Gasteiger partial charge on any atom is -0.394 e. The van der Waals surface area contributed by atoms with E-state index in [1.165, 1.54) is 6.07 Å². The number of aliphatic hydroxyl groups is 1. The van der Waals surface area contributed by atoms with E-state index < -0.39 is 23.7 Å². The van der Waals surface area contributed by atoms with E-state index in [1.54, 1.807) is 11.8 Å². The van der Waals surface area contributed by atoms with Gasteiger partial charge in [0, 0.05) is 6.54 Å². The maximum absolute atomic E-state index is 13.4. The number of benzene rings is 2. The van der Waals surface area contributed by atoms with Gasteiger partial charge in [0.2, 0.25) is 0 Å². The van der Waals surface area contributed by atoms with E-state index in [0.29, 0.717) is 18.5 Å². The summed E-state index contributed by atoms with van der Waals surface area (Å²) in [4.78, 5) is 14.2. The third-order valence-corrected chi connectivity index (χ3v) is 4.63. The van der Waals surface area contributed by atoms with Crippen LogP contribution in [-0.2, 0) is 6.42 Å². The third-order valence-electron chi connectivity index (χ3n) is 4.63. The van der Waals surface area contributed by atoms with Crippen molar-refractivity contribution in [2.45, 2.75) is 25.4 Å². The van der Waals surface area contributed by atoms with Crippen LogP contribution in [0.5, 0.6) is 0 Å². The normalized spacial score (nSPS) is 17.8. The molecule has 0 spiro atoms. The molecule has 2 aromatic carbocycles. The van der Waals surface area contributed by atoms with Gasteiger partial charge in [-0.15, -0.1) is 0 Å². The number of fused-ring (bicyclic) bond motifs is 1. The van der Waals surface area contributed by atoms with E-state index in [-0.39, 0.29) is 12.6 Å². The third kappa shape index (κ3) is 3.49. The summed E-state index contributed by atoms with van der Waals surface area (Å²) in [5.74, 6) is -1.87. The summed E-state index contributed by atoms with van der Waals surface area (Å²) in [5, 5.41) is 12.6. The Morgan fingerprint density at radius 3 is 2.76 bits per heavy atom. The Labute approximate surface area is 145 Å². The smallest absolute Gasteiger partial charge is 0.318 e. The lowest BCUT2D eigenvalue weighted by Crippen LogP contribution is -2.47. The second-order valence-corrected chi connectivity index (χ2v) is 6.19. The van der Waals surface area contributed by atoms with Crippen molar-refractivity contribution in [3.8, 4) is 0 Å². The van der Waals surface area contributed by atoms with E-state index >= 15 is 0 Å². The van der Waals surface area contributed by atoms with Crippen LogP contribution in [0.1, 0.15) is 35.7 Å². The van der Waals surface area contributed by atoms with E-state index in [0.717, 1.165) is 23.3 Å². The van der Waals surface area contributed by atoms with Crippen LogP contribution >= 0.6 is 0 Å². The summed E-state index contributed by atoms with van der Waals surface area (Å²) >= 11 is 0. The molecular formula is C19H20F2N2O2. The molecule has 2 amide bonds. The molecule has 0 bridgehead atoms. The van der Waals surface area contributed by atoms with Crippen LogP contribution in [0.2, 0.25) is 0 Å². The summed E-state index contributed by atoms with van der Waals surface area (Å²) in [5.41, 5.74) is 2.54. The van der Waals surface area contributed by atoms with E-state index in [2.05, 4.69) is 5.32 Å². The van der Waals surface area contributed by atoms with Crippen molar-refractivity contribution in [2.24, 2.45) is 0 Å². The van der Waals surface area contributed by atoms with Gasteiger partial charge in [-0.3, -0.25) is 0 Å². The lowest BCUT2D eigenvalue weighted by atomic mass is 9.93. The number of rotatable bonds is 3. The predicted octanol–water partition coefficient (Wildman–Crippen LogP) is 3.33. The van der Waals surface area contributed by atoms with E-state index in [1.807, 2.05) is 24.3 Å². The minimum absolute atomic E-state index is 0.177. The molecular weight excluding hydrogens is 326 g/mol. The van der Waals surface area contributed by atoms with Crippen LogP contribution in [0.4, 0.5) is 13.6 Å². The van der Waals surface area contributed by atoms with Gasteiger partial charge in [0.15, 0.2) is 11.6 Å². The van der Waals surface area contributed by atoms with Crippen LogP contribution in [-0.4, -0.2) is 29.2 Å². The van der Waals surface area contributed by atoms with Crippen LogP contribution in [0, 0.1) is 11.6 Å². The Hall–Kier alpha value is -2.47. The number of nitrogens with one attached hydrogen (secondary N) is 1. The van der Waals surface area contributed by atoms with Gasteiger partial charge in [0.05, 0.1) is 18.7 Å². The Balaban J connectivity index is 1.75. The highest BCUT2D eigenvalue weighted by molar-refractivity contribution is 5.75. The van der Waals surface area contributed by atoms with Crippen molar-refractivity contribution in [1.82, 2.24) is 10.2 Å². The number of urea groups is 1. The van der Waals surface area contributed by atoms with Crippen LogP contribution in [0.3, 0.4) is 0 Å². The van der Waals surface area contributed by atoms with Gasteiger partial charge in [0.25, 0.3) is 0 Å². The minimum atomic E-state index is -0.946. The average molecular weight is 346 g/mol. The molecule has 1 aliphatic heterocycles. The fourth-order valence-corrected chi connectivity index (χ4v) is 3.22. The molecule has 0 aliphatic carbocycles. The molecule has 2 N–H and O–H groups in total. The molecule has 2 atom stereocenters. The Morgan fingerprint density at radius 1 is 1.28 bits per heavy atom. The van der Waals surface area contributed by atoms with Crippen LogP contribution in [0.15, 0.2) is 42.5 Å². The molecule has 0 saturated carbocycles. The number of hydrogen-bond donors (Lipinski definition) is 2. The summed E-state index contributed by atoms with van der Waals surface area (Å²) in [6, 6.07) is 10.0. The lowest BCUT2D eigenvalue weighted by molar-refractivity contribution is 0.125. The standard InChI is InChI=1S/C19H20F2N2O2/c1-12(14-6-7-16(20)17(21)10-14)22-19(25)23-9-8-13-4-2-3-5-15(13)18(23)11-24/h2-7,10,12,18,24H,8-9,11H2,1H3,(H,22,25). The number of halogens is 2. The first-order valence-corrected chi connectivity index (χ1v) is 8.22. The lowest BCUT2D eigenvalue weighted by Gasteiger charge is -2.37. The van der Waals surface area contributed by atoms with E-state index in [4.69, 9.17) is 0 Å². The Kier molecular flexibility index (Phi) is 4.99. The SMILES string of the molecule is CC(NC(=O)N1CCc2ccccc2C1CO)c1ccc(F)c(F)c1. The van der Waals surface area contributed by atoms with Crippen LogP contribution in [0.25, 0.3) is 0 Å².